The second-order valence-electron chi connectivity index (χ2n) is 7.03. The van der Waals surface area contributed by atoms with Gasteiger partial charge >= 0.3 is 0 Å². The maximum atomic E-state index is 12.6. The number of amides is 3. The molecule has 0 saturated carbocycles. The first-order chi connectivity index (χ1) is 14.4. The highest BCUT2D eigenvalue weighted by molar-refractivity contribution is 5.96. The molecule has 0 unspecified atom stereocenters. The Bertz CT molecular complexity index is 842. The van der Waals surface area contributed by atoms with E-state index in [0.717, 1.165) is 31.6 Å². The molecule has 0 atom stereocenters. The summed E-state index contributed by atoms with van der Waals surface area (Å²) in [5, 5.41) is 8.53. The monoisotopic (exact) mass is 410 g/mol. The fraction of sp³-hybridized carbons (Fsp3) is 0.348. The van der Waals surface area contributed by atoms with Gasteiger partial charge in [0.05, 0.1) is 6.54 Å². The van der Waals surface area contributed by atoms with Gasteiger partial charge in [-0.1, -0.05) is 13.8 Å². The van der Waals surface area contributed by atoms with Gasteiger partial charge in [-0.15, -0.1) is 0 Å². The van der Waals surface area contributed by atoms with Crippen molar-refractivity contribution < 1.29 is 14.4 Å². The normalized spacial score (nSPS) is 10.2. The molecule has 0 bridgehead atoms. The zero-order valence-corrected chi connectivity index (χ0v) is 17.8. The Kier molecular flexibility index (Phi) is 8.87. The predicted molar refractivity (Wildman–Crippen MR) is 121 cm³/mol. The van der Waals surface area contributed by atoms with Gasteiger partial charge in [-0.05, 0) is 61.4 Å². The van der Waals surface area contributed by atoms with E-state index in [1.54, 1.807) is 48.5 Å². The van der Waals surface area contributed by atoms with Crippen LogP contribution in [0.1, 0.15) is 44.0 Å². The smallest absolute Gasteiger partial charge is 0.253 e. The molecule has 0 saturated heterocycles. The molecule has 2 rings (SSSR count). The van der Waals surface area contributed by atoms with Crippen molar-refractivity contribution in [3.05, 3.63) is 54.1 Å². The standard InChI is InChI=1S/C23H30N4O3/c1-4-14-27(15-5-2)23(30)18-6-8-21(9-7-18)26-22(29)16-24-19-10-12-20(13-11-19)25-17(3)28/h6-13,24H,4-5,14-16H2,1-3H3,(H,25,28)(H,26,29). The zero-order chi connectivity index (χ0) is 21.9. The lowest BCUT2D eigenvalue weighted by Crippen LogP contribution is -2.32. The van der Waals surface area contributed by atoms with Crippen molar-refractivity contribution in [3.63, 3.8) is 0 Å². The average Bonchev–Trinajstić information content (AvgIpc) is 2.73. The summed E-state index contributed by atoms with van der Waals surface area (Å²) < 4.78 is 0. The molecule has 7 nitrogen and oxygen atoms in total. The molecule has 0 fully saturated rings. The molecule has 0 spiro atoms. The van der Waals surface area contributed by atoms with Crippen LogP contribution < -0.4 is 16.0 Å². The number of benzene rings is 2. The van der Waals surface area contributed by atoms with Gasteiger partial charge in [-0.3, -0.25) is 14.4 Å². The Hall–Kier alpha value is -3.35. The van der Waals surface area contributed by atoms with Crippen LogP contribution in [0.25, 0.3) is 0 Å². The minimum Gasteiger partial charge on any atom is -0.376 e. The van der Waals surface area contributed by atoms with E-state index in [0.29, 0.717) is 16.9 Å². The maximum absolute atomic E-state index is 12.6. The van der Waals surface area contributed by atoms with Crippen LogP contribution in [0.15, 0.2) is 48.5 Å². The average molecular weight is 411 g/mol. The van der Waals surface area contributed by atoms with Crippen molar-refractivity contribution in [2.24, 2.45) is 0 Å². The molecule has 30 heavy (non-hydrogen) atoms. The molecule has 0 heterocycles. The van der Waals surface area contributed by atoms with Crippen LogP contribution in [0.4, 0.5) is 17.1 Å². The summed E-state index contributed by atoms with van der Waals surface area (Å²) in [6.07, 6.45) is 1.84. The van der Waals surface area contributed by atoms with Crippen LogP contribution in [-0.2, 0) is 9.59 Å². The Labute approximate surface area is 177 Å². The zero-order valence-electron chi connectivity index (χ0n) is 17.8. The number of carbonyl (C=O) groups is 3. The van der Waals surface area contributed by atoms with Crippen molar-refractivity contribution in [3.8, 4) is 0 Å². The van der Waals surface area contributed by atoms with Crippen molar-refractivity contribution >= 4 is 34.8 Å². The molecule has 0 aliphatic carbocycles. The number of anilines is 3. The van der Waals surface area contributed by atoms with Crippen LogP contribution in [0.3, 0.4) is 0 Å². The van der Waals surface area contributed by atoms with E-state index >= 15 is 0 Å². The Morgan fingerprint density at radius 1 is 0.767 bits per heavy atom. The third-order valence-electron chi connectivity index (χ3n) is 4.35. The second-order valence-corrected chi connectivity index (χ2v) is 7.03. The largest absolute Gasteiger partial charge is 0.376 e. The van der Waals surface area contributed by atoms with Gasteiger partial charge in [0, 0.05) is 42.6 Å². The van der Waals surface area contributed by atoms with Gasteiger partial charge in [0.1, 0.15) is 0 Å². The van der Waals surface area contributed by atoms with Gasteiger partial charge in [-0.2, -0.15) is 0 Å². The van der Waals surface area contributed by atoms with Crippen LogP contribution >= 0.6 is 0 Å². The van der Waals surface area contributed by atoms with Crippen LogP contribution in [0.5, 0.6) is 0 Å². The number of nitrogens with zero attached hydrogens (tertiary/aromatic N) is 1. The molecule has 160 valence electrons. The highest BCUT2D eigenvalue weighted by atomic mass is 16.2. The fourth-order valence-electron chi connectivity index (χ4n) is 3.00. The summed E-state index contributed by atoms with van der Waals surface area (Å²) in [4.78, 5) is 37.7. The first kappa shape index (κ1) is 22.9. The van der Waals surface area contributed by atoms with E-state index in [1.165, 1.54) is 6.92 Å². The quantitative estimate of drug-likeness (QED) is 0.553. The molecule has 0 aromatic heterocycles. The number of rotatable bonds is 10. The van der Waals surface area contributed by atoms with E-state index in [2.05, 4.69) is 29.8 Å². The molecule has 7 heteroatoms. The summed E-state index contributed by atoms with van der Waals surface area (Å²) in [6.45, 7) is 7.14. The number of hydrogen-bond acceptors (Lipinski definition) is 4. The SMILES string of the molecule is CCCN(CCC)C(=O)c1ccc(NC(=O)CNc2ccc(NC(C)=O)cc2)cc1. The Morgan fingerprint density at radius 2 is 1.27 bits per heavy atom. The van der Waals surface area contributed by atoms with Crippen LogP contribution in [0.2, 0.25) is 0 Å². The van der Waals surface area contributed by atoms with Gasteiger partial charge < -0.3 is 20.9 Å². The van der Waals surface area contributed by atoms with E-state index in [-0.39, 0.29) is 24.3 Å². The molecule has 0 aliphatic rings. The summed E-state index contributed by atoms with van der Waals surface area (Å²) >= 11 is 0. The highest BCUT2D eigenvalue weighted by Gasteiger charge is 2.14. The van der Waals surface area contributed by atoms with Gasteiger partial charge in [0.15, 0.2) is 0 Å². The summed E-state index contributed by atoms with van der Waals surface area (Å²) in [5.41, 5.74) is 2.72. The molecular weight excluding hydrogens is 380 g/mol. The van der Waals surface area contributed by atoms with Crippen molar-refractivity contribution in [1.29, 1.82) is 0 Å². The van der Waals surface area contributed by atoms with E-state index in [1.807, 2.05) is 4.90 Å². The molecule has 3 amide bonds. The Balaban J connectivity index is 1.86. The lowest BCUT2D eigenvalue weighted by molar-refractivity contribution is -0.115. The topological polar surface area (TPSA) is 90.5 Å². The van der Waals surface area contributed by atoms with Gasteiger partial charge in [0.2, 0.25) is 11.8 Å². The predicted octanol–water partition coefficient (Wildman–Crippen LogP) is 3.96. The molecule has 0 radical (unpaired) electrons. The molecular formula is C23H30N4O3. The molecule has 0 aliphatic heterocycles. The van der Waals surface area contributed by atoms with E-state index < -0.39 is 0 Å². The third kappa shape index (κ3) is 7.24. The number of nitrogens with one attached hydrogen (secondary N) is 3. The third-order valence-corrected chi connectivity index (χ3v) is 4.35. The van der Waals surface area contributed by atoms with E-state index in [4.69, 9.17) is 0 Å². The lowest BCUT2D eigenvalue weighted by atomic mass is 10.1. The van der Waals surface area contributed by atoms with Gasteiger partial charge in [-0.25, -0.2) is 0 Å². The van der Waals surface area contributed by atoms with Crippen LogP contribution in [-0.4, -0.2) is 42.3 Å². The molecule has 2 aromatic carbocycles. The summed E-state index contributed by atoms with van der Waals surface area (Å²) in [7, 11) is 0. The number of hydrogen-bond donors (Lipinski definition) is 3. The fourth-order valence-corrected chi connectivity index (χ4v) is 3.00. The minimum absolute atomic E-state index is 0.0148. The summed E-state index contributed by atoms with van der Waals surface area (Å²) in [5.74, 6) is -0.314. The molecule has 3 N–H and O–H groups in total. The van der Waals surface area contributed by atoms with E-state index in [9.17, 15) is 14.4 Å². The number of carbonyl (C=O) groups excluding carboxylic acids is 3. The van der Waals surface area contributed by atoms with Crippen molar-refractivity contribution in [2.45, 2.75) is 33.6 Å². The first-order valence-corrected chi connectivity index (χ1v) is 10.2. The van der Waals surface area contributed by atoms with Gasteiger partial charge in [0.25, 0.3) is 5.91 Å². The van der Waals surface area contributed by atoms with Crippen LogP contribution in [0, 0.1) is 0 Å². The highest BCUT2D eigenvalue weighted by Crippen LogP contribution is 2.14. The summed E-state index contributed by atoms with van der Waals surface area (Å²) in [6, 6.07) is 14.1. The maximum Gasteiger partial charge on any atom is 0.253 e. The molecule has 2 aromatic rings. The lowest BCUT2D eigenvalue weighted by Gasteiger charge is -2.21. The second kappa shape index (κ2) is 11.6. The Morgan fingerprint density at radius 3 is 1.80 bits per heavy atom. The van der Waals surface area contributed by atoms with Crippen molar-refractivity contribution in [2.75, 3.05) is 35.6 Å². The first-order valence-electron chi connectivity index (χ1n) is 10.2. The minimum atomic E-state index is -0.196. The van der Waals surface area contributed by atoms with Crippen molar-refractivity contribution in [1.82, 2.24) is 4.90 Å².